The number of nitrogens with one attached hydrogen (secondary N) is 1. The first-order chi connectivity index (χ1) is 11.6. The molecule has 0 aliphatic rings. The van der Waals surface area contributed by atoms with E-state index in [1.807, 2.05) is 25.3 Å². The summed E-state index contributed by atoms with van der Waals surface area (Å²) >= 11 is 7.57. The molecule has 0 aliphatic carbocycles. The Morgan fingerprint density at radius 2 is 2.17 bits per heavy atom. The highest BCUT2D eigenvalue weighted by Gasteiger charge is 2.11. The molecule has 0 aliphatic heterocycles. The number of rotatable bonds is 4. The van der Waals surface area contributed by atoms with Crippen LogP contribution in [-0.4, -0.2) is 21.7 Å². The molecule has 1 amide bonds. The first-order valence-electron chi connectivity index (χ1n) is 7.24. The summed E-state index contributed by atoms with van der Waals surface area (Å²) in [5.41, 5.74) is 5.88. The lowest BCUT2D eigenvalue weighted by atomic mass is 10.2. The number of carbonyl (C=O) groups excluding carboxylic acids is 1. The van der Waals surface area contributed by atoms with Crippen LogP contribution in [0.2, 0.25) is 5.02 Å². The van der Waals surface area contributed by atoms with Crippen LogP contribution in [0.1, 0.15) is 27.3 Å². The highest BCUT2D eigenvalue weighted by Crippen LogP contribution is 2.21. The molecule has 0 saturated heterocycles. The van der Waals surface area contributed by atoms with E-state index in [0.29, 0.717) is 10.6 Å². The molecule has 0 atom stereocenters. The van der Waals surface area contributed by atoms with Crippen molar-refractivity contribution in [3.63, 3.8) is 0 Å². The smallest absolute Gasteiger partial charge is 0.272 e. The van der Waals surface area contributed by atoms with E-state index < -0.39 is 0 Å². The largest absolute Gasteiger partial charge is 0.294 e. The summed E-state index contributed by atoms with van der Waals surface area (Å²) < 4.78 is 2.06. The molecule has 0 saturated carbocycles. The highest BCUT2D eigenvalue weighted by molar-refractivity contribution is 7.12. The standard InChI is InChI=1S/C17H15ClN4OS/c1-11-9-13(12(2)22(11)17-19-7-8-24-17)10-20-21-16(23)14-5-3-4-6-15(14)18/h3-10H,1-2H3,(H,21,23)/b20-10-. The summed E-state index contributed by atoms with van der Waals surface area (Å²) in [6, 6.07) is 8.85. The number of halogens is 1. The van der Waals surface area contributed by atoms with Gasteiger partial charge in [-0.15, -0.1) is 11.3 Å². The minimum atomic E-state index is -0.342. The number of aryl methyl sites for hydroxylation is 1. The molecule has 0 unspecified atom stereocenters. The van der Waals surface area contributed by atoms with Crippen LogP contribution in [0.15, 0.2) is 47.0 Å². The van der Waals surface area contributed by atoms with Gasteiger partial charge in [0.05, 0.1) is 16.8 Å². The summed E-state index contributed by atoms with van der Waals surface area (Å²) in [4.78, 5) is 16.4. The number of aromatic nitrogens is 2. The SMILES string of the molecule is Cc1cc(/C=N\NC(=O)c2ccccc2Cl)c(C)n1-c1nccs1. The maximum atomic E-state index is 12.1. The van der Waals surface area contributed by atoms with Crippen molar-refractivity contribution in [2.24, 2.45) is 5.10 Å². The van der Waals surface area contributed by atoms with E-state index in [9.17, 15) is 4.79 Å². The van der Waals surface area contributed by atoms with E-state index in [4.69, 9.17) is 11.6 Å². The molecular weight excluding hydrogens is 344 g/mol. The second kappa shape index (κ2) is 6.98. The maximum Gasteiger partial charge on any atom is 0.272 e. The van der Waals surface area contributed by atoms with Crippen molar-refractivity contribution >= 4 is 35.1 Å². The lowest BCUT2D eigenvalue weighted by Crippen LogP contribution is -2.18. The van der Waals surface area contributed by atoms with Gasteiger partial charge < -0.3 is 0 Å². The molecule has 5 nitrogen and oxygen atoms in total. The van der Waals surface area contributed by atoms with Gasteiger partial charge in [0.15, 0.2) is 5.13 Å². The molecule has 2 heterocycles. The fourth-order valence-electron chi connectivity index (χ4n) is 2.41. The fraction of sp³-hybridized carbons (Fsp3) is 0.118. The first-order valence-corrected chi connectivity index (χ1v) is 8.50. The Kier molecular flexibility index (Phi) is 4.78. The third-order valence-electron chi connectivity index (χ3n) is 3.57. The number of nitrogens with zero attached hydrogens (tertiary/aromatic N) is 3. The van der Waals surface area contributed by atoms with Gasteiger partial charge in [0.1, 0.15) is 0 Å². The average molecular weight is 359 g/mol. The monoisotopic (exact) mass is 358 g/mol. The molecule has 2 aromatic heterocycles. The van der Waals surface area contributed by atoms with Crippen molar-refractivity contribution in [2.75, 3.05) is 0 Å². The molecule has 3 rings (SSSR count). The van der Waals surface area contributed by atoms with Gasteiger partial charge in [0.25, 0.3) is 5.91 Å². The van der Waals surface area contributed by atoms with E-state index in [2.05, 4.69) is 20.1 Å². The van der Waals surface area contributed by atoms with E-state index in [1.54, 1.807) is 48.0 Å². The quantitative estimate of drug-likeness (QED) is 0.566. The summed E-state index contributed by atoms with van der Waals surface area (Å²) in [6.07, 6.45) is 3.40. The van der Waals surface area contributed by atoms with Crippen LogP contribution in [0.4, 0.5) is 0 Å². The van der Waals surface area contributed by atoms with Crippen LogP contribution in [0.5, 0.6) is 0 Å². The number of carbonyl (C=O) groups is 1. The number of hydrazone groups is 1. The predicted molar refractivity (Wildman–Crippen MR) is 97.4 cm³/mol. The van der Waals surface area contributed by atoms with E-state index in [1.165, 1.54) is 0 Å². The summed E-state index contributed by atoms with van der Waals surface area (Å²) in [7, 11) is 0. The van der Waals surface area contributed by atoms with Crippen LogP contribution >= 0.6 is 22.9 Å². The zero-order valence-corrected chi connectivity index (χ0v) is 14.7. The second-order valence-electron chi connectivity index (χ2n) is 5.16. The molecule has 1 N–H and O–H groups in total. The maximum absolute atomic E-state index is 12.1. The van der Waals surface area contributed by atoms with Crippen molar-refractivity contribution in [2.45, 2.75) is 13.8 Å². The number of amides is 1. The molecule has 24 heavy (non-hydrogen) atoms. The summed E-state index contributed by atoms with van der Waals surface area (Å²) in [5, 5.41) is 7.28. The van der Waals surface area contributed by atoms with Gasteiger partial charge in [0.2, 0.25) is 0 Å². The molecular formula is C17H15ClN4OS. The minimum absolute atomic E-state index is 0.342. The first kappa shape index (κ1) is 16.4. The molecule has 1 aromatic carbocycles. The van der Waals surface area contributed by atoms with Crippen LogP contribution in [0.25, 0.3) is 5.13 Å². The lowest BCUT2D eigenvalue weighted by molar-refractivity contribution is 0.0955. The van der Waals surface area contributed by atoms with Crippen molar-refractivity contribution in [1.82, 2.24) is 15.0 Å². The summed E-state index contributed by atoms with van der Waals surface area (Å²) in [6.45, 7) is 4.00. The molecule has 0 radical (unpaired) electrons. The van der Waals surface area contributed by atoms with E-state index >= 15 is 0 Å². The molecule has 7 heteroatoms. The molecule has 3 aromatic rings. The molecule has 122 valence electrons. The Labute approximate surface area is 148 Å². The van der Waals surface area contributed by atoms with Gasteiger partial charge in [-0.2, -0.15) is 5.10 Å². The van der Waals surface area contributed by atoms with Crippen LogP contribution in [0.3, 0.4) is 0 Å². The van der Waals surface area contributed by atoms with Crippen LogP contribution in [-0.2, 0) is 0 Å². The van der Waals surface area contributed by atoms with Crippen molar-refractivity contribution in [1.29, 1.82) is 0 Å². The number of thiazole rings is 1. The van der Waals surface area contributed by atoms with Crippen molar-refractivity contribution in [3.8, 4) is 5.13 Å². The number of benzene rings is 1. The number of hydrogen-bond acceptors (Lipinski definition) is 4. The predicted octanol–water partition coefficient (Wildman–Crippen LogP) is 3.97. The van der Waals surface area contributed by atoms with E-state index in [0.717, 1.165) is 22.1 Å². The number of hydrogen-bond donors (Lipinski definition) is 1. The average Bonchev–Trinajstić information content (AvgIpc) is 3.16. The Hall–Kier alpha value is -2.44. The van der Waals surface area contributed by atoms with E-state index in [-0.39, 0.29) is 5.91 Å². The summed E-state index contributed by atoms with van der Waals surface area (Å²) in [5.74, 6) is -0.342. The van der Waals surface area contributed by atoms with Crippen LogP contribution < -0.4 is 5.43 Å². The Balaban J connectivity index is 1.77. The highest BCUT2D eigenvalue weighted by atomic mass is 35.5. The second-order valence-corrected chi connectivity index (χ2v) is 6.44. The fourth-order valence-corrected chi connectivity index (χ4v) is 3.38. The van der Waals surface area contributed by atoms with Crippen molar-refractivity contribution < 1.29 is 4.79 Å². The van der Waals surface area contributed by atoms with Gasteiger partial charge in [-0.05, 0) is 32.0 Å². The Morgan fingerprint density at radius 3 is 2.88 bits per heavy atom. The van der Waals surface area contributed by atoms with Gasteiger partial charge >= 0.3 is 0 Å². The van der Waals surface area contributed by atoms with Gasteiger partial charge in [-0.3, -0.25) is 9.36 Å². The van der Waals surface area contributed by atoms with Gasteiger partial charge in [-0.1, -0.05) is 23.7 Å². The minimum Gasteiger partial charge on any atom is -0.294 e. The third kappa shape index (κ3) is 3.25. The zero-order chi connectivity index (χ0) is 17.1. The Bertz CT molecular complexity index is 899. The van der Waals surface area contributed by atoms with Crippen LogP contribution in [0, 0.1) is 13.8 Å². The van der Waals surface area contributed by atoms with Crippen molar-refractivity contribution in [3.05, 3.63) is 69.4 Å². The Morgan fingerprint density at radius 1 is 1.38 bits per heavy atom. The molecule has 0 spiro atoms. The van der Waals surface area contributed by atoms with Gasteiger partial charge in [0, 0.05) is 28.5 Å². The molecule has 0 fully saturated rings. The lowest BCUT2D eigenvalue weighted by Gasteiger charge is -2.04. The zero-order valence-electron chi connectivity index (χ0n) is 13.2. The topological polar surface area (TPSA) is 59.3 Å². The molecule has 0 bridgehead atoms. The van der Waals surface area contributed by atoms with Gasteiger partial charge in [-0.25, -0.2) is 10.4 Å². The third-order valence-corrected chi connectivity index (χ3v) is 4.66. The normalized spacial score (nSPS) is 11.1.